The summed E-state index contributed by atoms with van der Waals surface area (Å²) in [5.41, 5.74) is 10.8. The monoisotopic (exact) mass is 424 g/mol. The zero-order valence-corrected chi connectivity index (χ0v) is 16.3. The lowest BCUT2D eigenvalue weighted by molar-refractivity contribution is -0.139. The van der Waals surface area contributed by atoms with E-state index in [1.54, 1.807) is 6.92 Å². The van der Waals surface area contributed by atoms with E-state index in [1.165, 1.54) is 4.90 Å². The number of carbonyl (C=O) groups is 3. The van der Waals surface area contributed by atoms with E-state index in [4.69, 9.17) is 34.4 Å². The molecule has 0 aliphatic carbocycles. The number of amides is 2. The number of hydrogen-bond acceptors (Lipinski definition) is 7. The number of hydrogen-bond donors (Lipinski definition) is 7. The van der Waals surface area contributed by atoms with Crippen molar-refractivity contribution in [2.45, 2.75) is 50.7 Å². The van der Waals surface area contributed by atoms with Gasteiger partial charge in [0.1, 0.15) is 12.3 Å². The zero-order valence-electron chi connectivity index (χ0n) is 15.5. The number of carbonyl (C=O) groups excluding carboxylic acids is 3. The molecule has 1 aliphatic heterocycles. The summed E-state index contributed by atoms with van der Waals surface area (Å²) >= 11 is 0. The molecule has 0 aromatic rings. The van der Waals surface area contributed by atoms with Crippen LogP contribution in [0.3, 0.4) is 0 Å². The van der Waals surface area contributed by atoms with Gasteiger partial charge >= 0.3 is 10.4 Å². The summed E-state index contributed by atoms with van der Waals surface area (Å²) in [7, 11) is -4.67. The van der Waals surface area contributed by atoms with Crippen LogP contribution in [0, 0.1) is 5.41 Å². The Balaban J connectivity index is 0.00000129. The zero-order chi connectivity index (χ0) is 21.9. The van der Waals surface area contributed by atoms with Gasteiger partial charge in [-0.25, -0.2) is 0 Å². The third kappa shape index (κ3) is 11.4. The van der Waals surface area contributed by atoms with Crippen LogP contribution in [-0.4, -0.2) is 77.7 Å². The molecular formula is C14H28N6O7S. The van der Waals surface area contributed by atoms with Gasteiger partial charge in [-0.2, -0.15) is 8.42 Å². The van der Waals surface area contributed by atoms with E-state index in [-0.39, 0.29) is 17.8 Å². The maximum absolute atomic E-state index is 12.3. The van der Waals surface area contributed by atoms with Crippen LogP contribution in [0.15, 0.2) is 0 Å². The Morgan fingerprint density at radius 3 is 2.43 bits per heavy atom. The minimum absolute atomic E-state index is 0.132. The van der Waals surface area contributed by atoms with Crippen molar-refractivity contribution in [2.24, 2.45) is 11.5 Å². The van der Waals surface area contributed by atoms with E-state index >= 15 is 0 Å². The molecule has 0 aromatic carbocycles. The molecule has 1 aliphatic rings. The molecule has 0 radical (unpaired) electrons. The lowest BCUT2D eigenvalue weighted by Gasteiger charge is -2.26. The molecule has 162 valence electrons. The molecule has 0 aromatic heterocycles. The molecule has 1 saturated heterocycles. The molecule has 0 saturated carbocycles. The number of guanidine groups is 1. The van der Waals surface area contributed by atoms with Gasteiger partial charge in [0.05, 0.1) is 12.1 Å². The molecule has 14 heteroatoms. The Hall–Kier alpha value is -2.29. The van der Waals surface area contributed by atoms with Crippen molar-refractivity contribution in [1.82, 2.24) is 15.5 Å². The van der Waals surface area contributed by atoms with Gasteiger partial charge < -0.3 is 31.8 Å². The van der Waals surface area contributed by atoms with Crippen molar-refractivity contribution in [3.05, 3.63) is 0 Å². The summed E-state index contributed by atoms with van der Waals surface area (Å²) in [4.78, 5) is 36.9. The summed E-state index contributed by atoms with van der Waals surface area (Å²) in [6.07, 6.45) is 3.00. The third-order valence-corrected chi connectivity index (χ3v) is 3.73. The topological polar surface area (TPSA) is 229 Å². The first-order valence-corrected chi connectivity index (χ1v) is 9.86. The maximum atomic E-state index is 12.3. The standard InChI is InChI=1S/C14H26N6O3.H2O4S/c1-9(15)13(23)20-7-3-5-11(20)12(22)19-10(8-21)4-2-6-18-14(16)17;1-5(2,3)4/h8-11H,2-7,15H2,1H3,(H,19,22)(H4,16,17,18);(H2,1,2,3,4)/t9?,10?,11-;/m0./s1. The van der Waals surface area contributed by atoms with E-state index in [9.17, 15) is 14.4 Å². The molecule has 28 heavy (non-hydrogen) atoms. The fraction of sp³-hybridized carbons (Fsp3) is 0.714. The number of aldehydes is 1. The van der Waals surface area contributed by atoms with E-state index in [2.05, 4.69) is 10.6 Å². The molecule has 13 nitrogen and oxygen atoms in total. The Morgan fingerprint density at radius 2 is 1.96 bits per heavy atom. The molecule has 1 heterocycles. The summed E-state index contributed by atoms with van der Waals surface area (Å²) in [5.74, 6) is -0.711. The van der Waals surface area contributed by atoms with Crippen LogP contribution in [0.1, 0.15) is 32.6 Å². The number of nitrogens with zero attached hydrogens (tertiary/aromatic N) is 1. The van der Waals surface area contributed by atoms with E-state index in [0.29, 0.717) is 38.6 Å². The van der Waals surface area contributed by atoms with Crippen molar-refractivity contribution >= 4 is 34.5 Å². The van der Waals surface area contributed by atoms with E-state index in [1.807, 2.05) is 0 Å². The van der Waals surface area contributed by atoms with Gasteiger partial charge in [-0.05, 0) is 32.6 Å². The largest absolute Gasteiger partial charge is 0.394 e. The first-order chi connectivity index (χ1) is 12.9. The molecule has 0 spiro atoms. The van der Waals surface area contributed by atoms with Gasteiger partial charge in [0.15, 0.2) is 5.96 Å². The Morgan fingerprint density at radius 1 is 1.39 bits per heavy atom. The minimum Gasteiger partial charge on any atom is -0.370 e. The average Bonchev–Trinajstić information content (AvgIpc) is 3.04. The first-order valence-electron chi connectivity index (χ1n) is 8.46. The predicted molar refractivity (Wildman–Crippen MR) is 99.7 cm³/mol. The van der Waals surface area contributed by atoms with Crippen LogP contribution in [0.4, 0.5) is 0 Å². The van der Waals surface area contributed by atoms with E-state index < -0.39 is 28.5 Å². The summed E-state index contributed by atoms with van der Waals surface area (Å²) < 4.78 is 31.6. The Labute approximate surface area is 163 Å². The highest BCUT2D eigenvalue weighted by Gasteiger charge is 2.35. The Kier molecular flexibility index (Phi) is 11.2. The number of likely N-dealkylation sites (tertiary alicyclic amines) is 1. The maximum Gasteiger partial charge on any atom is 0.394 e. The molecular weight excluding hydrogens is 396 g/mol. The van der Waals surface area contributed by atoms with Crippen molar-refractivity contribution in [1.29, 1.82) is 5.41 Å². The molecule has 9 N–H and O–H groups in total. The average molecular weight is 424 g/mol. The van der Waals surface area contributed by atoms with Gasteiger partial charge in [0.2, 0.25) is 11.8 Å². The highest BCUT2D eigenvalue weighted by Crippen LogP contribution is 2.18. The SMILES string of the molecule is CC(N)C(=O)N1CCC[C@H]1C(=O)NC(C=O)CCCNC(=N)N.O=S(=O)(O)O. The fourth-order valence-corrected chi connectivity index (χ4v) is 2.56. The van der Waals surface area contributed by atoms with Crippen LogP contribution in [0.25, 0.3) is 0 Å². The molecule has 3 atom stereocenters. The van der Waals surface area contributed by atoms with Crippen molar-refractivity contribution < 1.29 is 31.9 Å². The van der Waals surface area contributed by atoms with Crippen LogP contribution < -0.4 is 22.1 Å². The minimum atomic E-state index is -4.67. The van der Waals surface area contributed by atoms with Crippen LogP contribution >= 0.6 is 0 Å². The lowest BCUT2D eigenvalue weighted by Crippen LogP contribution is -2.52. The van der Waals surface area contributed by atoms with Crippen molar-refractivity contribution in [3.63, 3.8) is 0 Å². The number of nitrogens with one attached hydrogen (secondary N) is 3. The number of rotatable bonds is 8. The smallest absolute Gasteiger partial charge is 0.370 e. The van der Waals surface area contributed by atoms with Gasteiger partial charge in [0.25, 0.3) is 0 Å². The highest BCUT2D eigenvalue weighted by molar-refractivity contribution is 7.79. The third-order valence-electron chi connectivity index (χ3n) is 3.73. The van der Waals surface area contributed by atoms with Crippen molar-refractivity contribution in [2.75, 3.05) is 13.1 Å². The van der Waals surface area contributed by atoms with Crippen LogP contribution in [0.2, 0.25) is 0 Å². The van der Waals surface area contributed by atoms with Gasteiger partial charge in [-0.15, -0.1) is 0 Å². The molecule has 2 unspecified atom stereocenters. The Bertz CT molecular complexity index is 647. The van der Waals surface area contributed by atoms with Crippen molar-refractivity contribution in [3.8, 4) is 0 Å². The molecule has 2 amide bonds. The second kappa shape index (κ2) is 12.2. The molecule has 1 fully saturated rings. The summed E-state index contributed by atoms with van der Waals surface area (Å²) in [6, 6.07) is -1.83. The predicted octanol–water partition coefficient (Wildman–Crippen LogP) is -2.38. The first kappa shape index (κ1) is 25.7. The lowest BCUT2D eigenvalue weighted by atomic mass is 10.1. The van der Waals surface area contributed by atoms with Crippen LogP contribution in [0.5, 0.6) is 0 Å². The summed E-state index contributed by atoms with van der Waals surface area (Å²) in [5, 5.41) is 12.3. The molecule has 1 rings (SSSR count). The van der Waals surface area contributed by atoms with Gasteiger partial charge in [-0.1, -0.05) is 0 Å². The highest BCUT2D eigenvalue weighted by atomic mass is 32.3. The van der Waals surface area contributed by atoms with E-state index in [0.717, 1.165) is 6.42 Å². The normalized spacial score (nSPS) is 18.3. The quantitative estimate of drug-likeness (QED) is 0.0718. The number of nitrogens with two attached hydrogens (primary N) is 2. The fourth-order valence-electron chi connectivity index (χ4n) is 2.56. The second-order valence-electron chi connectivity index (χ2n) is 6.16. The van der Waals surface area contributed by atoms with Crippen LogP contribution in [-0.2, 0) is 24.8 Å². The summed E-state index contributed by atoms with van der Waals surface area (Å²) in [6.45, 7) is 2.55. The second-order valence-corrected chi connectivity index (χ2v) is 7.06. The van der Waals surface area contributed by atoms with Gasteiger partial charge in [0, 0.05) is 13.1 Å². The van der Waals surface area contributed by atoms with Gasteiger partial charge in [-0.3, -0.25) is 24.1 Å². The molecule has 0 bridgehead atoms.